The van der Waals surface area contributed by atoms with Gasteiger partial charge in [-0.15, -0.1) is 0 Å². The summed E-state index contributed by atoms with van der Waals surface area (Å²) in [6, 6.07) is 8.02. The second-order valence-electron chi connectivity index (χ2n) is 4.24. The van der Waals surface area contributed by atoms with Gasteiger partial charge in [0, 0.05) is 13.7 Å². The van der Waals surface area contributed by atoms with Gasteiger partial charge >= 0.3 is 0 Å². The highest BCUT2D eigenvalue weighted by molar-refractivity contribution is 5.26. The van der Waals surface area contributed by atoms with Crippen molar-refractivity contribution in [2.75, 3.05) is 13.7 Å². The SMILES string of the molecule is COCCCC(C)(O)c1cccc(C)c1. The first-order chi connectivity index (χ1) is 7.06. The molecule has 0 spiro atoms. The molecule has 84 valence electrons. The molecule has 0 saturated carbocycles. The summed E-state index contributed by atoms with van der Waals surface area (Å²) in [7, 11) is 1.68. The van der Waals surface area contributed by atoms with Gasteiger partial charge in [-0.2, -0.15) is 0 Å². The summed E-state index contributed by atoms with van der Waals surface area (Å²) in [4.78, 5) is 0. The van der Waals surface area contributed by atoms with E-state index in [1.165, 1.54) is 5.56 Å². The van der Waals surface area contributed by atoms with Crippen molar-refractivity contribution in [2.45, 2.75) is 32.3 Å². The molecule has 15 heavy (non-hydrogen) atoms. The minimum absolute atomic E-state index is 0.696. The van der Waals surface area contributed by atoms with Crippen molar-refractivity contribution in [1.29, 1.82) is 0 Å². The molecule has 2 nitrogen and oxygen atoms in total. The molecule has 0 heterocycles. The van der Waals surface area contributed by atoms with Gasteiger partial charge in [-0.3, -0.25) is 0 Å². The predicted molar refractivity (Wildman–Crippen MR) is 61.9 cm³/mol. The topological polar surface area (TPSA) is 29.5 Å². The van der Waals surface area contributed by atoms with Crippen LogP contribution in [0.5, 0.6) is 0 Å². The van der Waals surface area contributed by atoms with E-state index in [2.05, 4.69) is 0 Å². The molecule has 0 amide bonds. The molecular weight excluding hydrogens is 188 g/mol. The minimum Gasteiger partial charge on any atom is -0.385 e. The molecule has 0 radical (unpaired) electrons. The second-order valence-corrected chi connectivity index (χ2v) is 4.24. The monoisotopic (exact) mass is 208 g/mol. The quantitative estimate of drug-likeness (QED) is 0.754. The maximum atomic E-state index is 10.3. The Balaban J connectivity index is 2.67. The number of benzene rings is 1. The number of hydrogen-bond acceptors (Lipinski definition) is 2. The largest absolute Gasteiger partial charge is 0.385 e. The highest BCUT2D eigenvalue weighted by atomic mass is 16.5. The number of rotatable bonds is 5. The van der Waals surface area contributed by atoms with Crippen LogP contribution in [0.4, 0.5) is 0 Å². The molecule has 0 aliphatic rings. The molecule has 0 saturated heterocycles. The lowest BCUT2D eigenvalue weighted by Crippen LogP contribution is -2.21. The Labute approximate surface area is 91.9 Å². The maximum absolute atomic E-state index is 10.3. The van der Waals surface area contributed by atoms with Crippen molar-refractivity contribution < 1.29 is 9.84 Å². The third-order valence-electron chi connectivity index (χ3n) is 2.65. The zero-order valence-corrected chi connectivity index (χ0v) is 9.79. The highest BCUT2D eigenvalue weighted by Gasteiger charge is 2.22. The summed E-state index contributed by atoms with van der Waals surface area (Å²) in [5, 5.41) is 10.3. The van der Waals surface area contributed by atoms with E-state index in [1.807, 2.05) is 38.1 Å². The molecule has 0 aliphatic carbocycles. The van der Waals surface area contributed by atoms with Gasteiger partial charge in [0.15, 0.2) is 0 Å². The van der Waals surface area contributed by atoms with Crippen molar-refractivity contribution in [3.8, 4) is 0 Å². The Kier molecular flexibility index (Phi) is 4.30. The lowest BCUT2D eigenvalue weighted by Gasteiger charge is -2.24. The van der Waals surface area contributed by atoms with Crippen LogP contribution in [-0.2, 0) is 10.3 Å². The first kappa shape index (κ1) is 12.2. The Hall–Kier alpha value is -0.860. The third-order valence-corrected chi connectivity index (χ3v) is 2.65. The zero-order chi connectivity index (χ0) is 11.3. The van der Waals surface area contributed by atoms with Gasteiger partial charge in [0.1, 0.15) is 0 Å². The van der Waals surface area contributed by atoms with Gasteiger partial charge in [-0.25, -0.2) is 0 Å². The van der Waals surface area contributed by atoms with E-state index in [1.54, 1.807) is 7.11 Å². The lowest BCUT2D eigenvalue weighted by molar-refractivity contribution is 0.0372. The van der Waals surface area contributed by atoms with E-state index in [0.717, 1.165) is 18.4 Å². The first-order valence-corrected chi connectivity index (χ1v) is 5.35. The average molecular weight is 208 g/mol. The molecule has 1 atom stereocenters. The maximum Gasteiger partial charge on any atom is 0.0869 e. The lowest BCUT2D eigenvalue weighted by atomic mass is 9.90. The fourth-order valence-electron chi connectivity index (χ4n) is 1.69. The smallest absolute Gasteiger partial charge is 0.0869 e. The summed E-state index contributed by atoms with van der Waals surface area (Å²) in [6.45, 7) is 4.59. The molecular formula is C13H20O2. The third kappa shape index (κ3) is 3.65. The van der Waals surface area contributed by atoms with Crippen molar-refractivity contribution >= 4 is 0 Å². The second kappa shape index (κ2) is 5.29. The Morgan fingerprint density at radius 2 is 2.13 bits per heavy atom. The van der Waals surface area contributed by atoms with E-state index in [9.17, 15) is 5.11 Å². The predicted octanol–water partition coefficient (Wildman–Crippen LogP) is 2.63. The average Bonchev–Trinajstić information content (AvgIpc) is 2.18. The van der Waals surface area contributed by atoms with Gasteiger partial charge in [0.25, 0.3) is 0 Å². The Morgan fingerprint density at radius 1 is 1.40 bits per heavy atom. The van der Waals surface area contributed by atoms with Gasteiger partial charge in [0.2, 0.25) is 0 Å². The standard InChI is InChI=1S/C13H20O2/c1-11-6-4-7-12(10-11)13(2,14)8-5-9-15-3/h4,6-7,10,14H,5,8-9H2,1-3H3. The van der Waals surface area contributed by atoms with Crippen LogP contribution in [0.25, 0.3) is 0 Å². The minimum atomic E-state index is -0.745. The van der Waals surface area contributed by atoms with Crippen molar-refractivity contribution in [1.82, 2.24) is 0 Å². The van der Waals surface area contributed by atoms with E-state index in [-0.39, 0.29) is 0 Å². The van der Waals surface area contributed by atoms with E-state index in [4.69, 9.17) is 4.74 Å². The highest BCUT2D eigenvalue weighted by Crippen LogP contribution is 2.26. The Morgan fingerprint density at radius 3 is 2.73 bits per heavy atom. The summed E-state index contributed by atoms with van der Waals surface area (Å²) in [6.07, 6.45) is 1.60. The molecule has 0 aromatic heterocycles. The van der Waals surface area contributed by atoms with Crippen molar-refractivity contribution in [3.63, 3.8) is 0 Å². The zero-order valence-electron chi connectivity index (χ0n) is 9.79. The summed E-state index contributed by atoms with van der Waals surface area (Å²) in [5.74, 6) is 0. The molecule has 1 N–H and O–H groups in total. The fraction of sp³-hybridized carbons (Fsp3) is 0.538. The van der Waals surface area contributed by atoms with Crippen LogP contribution in [0.1, 0.15) is 30.9 Å². The van der Waals surface area contributed by atoms with E-state index >= 15 is 0 Å². The van der Waals surface area contributed by atoms with Gasteiger partial charge in [0.05, 0.1) is 5.60 Å². The van der Waals surface area contributed by atoms with Crippen molar-refractivity contribution in [2.24, 2.45) is 0 Å². The normalized spacial score (nSPS) is 14.9. The van der Waals surface area contributed by atoms with E-state index < -0.39 is 5.60 Å². The van der Waals surface area contributed by atoms with Crippen LogP contribution in [0, 0.1) is 6.92 Å². The molecule has 1 aromatic carbocycles. The molecule has 2 heteroatoms. The molecule has 0 fully saturated rings. The van der Waals surface area contributed by atoms with E-state index in [0.29, 0.717) is 6.61 Å². The van der Waals surface area contributed by atoms with Gasteiger partial charge < -0.3 is 9.84 Å². The molecule has 1 aromatic rings. The number of aryl methyl sites for hydroxylation is 1. The van der Waals surface area contributed by atoms with Crippen LogP contribution >= 0.6 is 0 Å². The number of ether oxygens (including phenoxy) is 1. The van der Waals surface area contributed by atoms with Crippen LogP contribution in [0.15, 0.2) is 24.3 Å². The molecule has 0 bridgehead atoms. The molecule has 1 rings (SSSR count). The number of aliphatic hydroxyl groups is 1. The fourth-order valence-corrected chi connectivity index (χ4v) is 1.69. The van der Waals surface area contributed by atoms with Crippen LogP contribution < -0.4 is 0 Å². The van der Waals surface area contributed by atoms with Crippen LogP contribution in [0.3, 0.4) is 0 Å². The number of hydrogen-bond donors (Lipinski definition) is 1. The van der Waals surface area contributed by atoms with Gasteiger partial charge in [-0.05, 0) is 32.3 Å². The summed E-state index contributed by atoms with van der Waals surface area (Å²) in [5.41, 5.74) is 1.42. The van der Waals surface area contributed by atoms with Crippen molar-refractivity contribution in [3.05, 3.63) is 35.4 Å². The van der Waals surface area contributed by atoms with Crippen LogP contribution in [0.2, 0.25) is 0 Å². The first-order valence-electron chi connectivity index (χ1n) is 5.35. The molecule has 1 unspecified atom stereocenters. The number of methoxy groups -OCH3 is 1. The Bertz CT molecular complexity index is 305. The summed E-state index contributed by atoms with van der Waals surface area (Å²) < 4.78 is 4.99. The van der Waals surface area contributed by atoms with Gasteiger partial charge in [-0.1, -0.05) is 29.8 Å². The van der Waals surface area contributed by atoms with Crippen LogP contribution in [-0.4, -0.2) is 18.8 Å². The molecule has 0 aliphatic heterocycles. The summed E-state index contributed by atoms with van der Waals surface area (Å²) >= 11 is 0.